The zero-order valence-electron chi connectivity index (χ0n) is 15.7. The average Bonchev–Trinajstić information content (AvgIpc) is 3.40. The Morgan fingerprint density at radius 3 is 2.69 bits per heavy atom. The summed E-state index contributed by atoms with van der Waals surface area (Å²) in [6, 6.07) is 20.4. The van der Waals surface area contributed by atoms with Crippen LogP contribution >= 0.6 is 0 Å². The molecule has 7 heteroatoms. The highest BCUT2D eigenvalue weighted by Crippen LogP contribution is 2.18. The number of hydrogen-bond acceptors (Lipinski definition) is 5. The first-order chi connectivity index (χ1) is 14.2. The topological polar surface area (TPSA) is 89.5 Å². The van der Waals surface area contributed by atoms with Crippen molar-refractivity contribution in [2.75, 3.05) is 6.54 Å². The van der Waals surface area contributed by atoms with Crippen LogP contribution in [0.25, 0.3) is 11.0 Å². The first-order valence-electron chi connectivity index (χ1n) is 9.31. The standard InChI is InChI=1S/C22H21N3O4/c26-19(20-11-6-12-28-20)13-23-22(27)14-25-18-10-5-4-9-17(18)24-21(25)15-29-16-7-2-1-3-8-16/h1-12,19,26H,13-15H2,(H,23,27). The fraction of sp³-hybridized carbons (Fsp3) is 0.182. The minimum absolute atomic E-state index is 0.0643. The highest BCUT2D eigenvalue weighted by Gasteiger charge is 2.16. The Morgan fingerprint density at radius 1 is 1.10 bits per heavy atom. The quantitative estimate of drug-likeness (QED) is 0.482. The molecule has 1 atom stereocenters. The number of carbonyl (C=O) groups is 1. The molecule has 0 aliphatic carbocycles. The molecule has 29 heavy (non-hydrogen) atoms. The number of nitrogens with one attached hydrogen (secondary N) is 1. The van der Waals surface area contributed by atoms with Crippen LogP contribution in [0, 0.1) is 0 Å². The number of hydrogen-bond donors (Lipinski definition) is 2. The summed E-state index contributed by atoms with van der Waals surface area (Å²) in [5.41, 5.74) is 1.64. The van der Waals surface area contributed by atoms with E-state index in [1.807, 2.05) is 59.2 Å². The molecule has 2 aromatic heterocycles. The number of aromatic nitrogens is 2. The van der Waals surface area contributed by atoms with Gasteiger partial charge in [-0.1, -0.05) is 30.3 Å². The van der Waals surface area contributed by atoms with E-state index in [-0.39, 0.29) is 25.6 Å². The molecule has 2 N–H and O–H groups in total. The number of aliphatic hydroxyl groups excluding tert-OH is 1. The number of carbonyl (C=O) groups excluding carboxylic acids is 1. The number of fused-ring (bicyclic) bond motifs is 1. The summed E-state index contributed by atoms with van der Waals surface area (Å²) in [5, 5.41) is 12.8. The maximum absolute atomic E-state index is 12.5. The molecule has 1 unspecified atom stereocenters. The Balaban J connectivity index is 1.47. The molecule has 148 valence electrons. The van der Waals surface area contributed by atoms with Gasteiger partial charge in [-0.05, 0) is 36.4 Å². The van der Waals surface area contributed by atoms with E-state index in [0.29, 0.717) is 11.6 Å². The highest BCUT2D eigenvalue weighted by atomic mass is 16.5. The molecule has 4 aromatic rings. The van der Waals surface area contributed by atoms with E-state index in [1.165, 1.54) is 6.26 Å². The number of amides is 1. The number of imidazole rings is 1. The Hall–Kier alpha value is -3.58. The molecule has 0 aliphatic heterocycles. The summed E-state index contributed by atoms with van der Waals surface area (Å²) in [6.45, 7) is 0.370. The molecule has 1 amide bonds. The maximum Gasteiger partial charge on any atom is 0.240 e. The zero-order valence-corrected chi connectivity index (χ0v) is 15.7. The Kier molecular flexibility index (Phi) is 5.58. The molecule has 0 aliphatic rings. The van der Waals surface area contributed by atoms with Gasteiger partial charge in [-0.3, -0.25) is 4.79 Å². The highest BCUT2D eigenvalue weighted by molar-refractivity contribution is 5.81. The summed E-state index contributed by atoms with van der Waals surface area (Å²) in [7, 11) is 0. The second kappa shape index (κ2) is 8.62. The van der Waals surface area contributed by atoms with Gasteiger partial charge in [0.25, 0.3) is 0 Å². The van der Waals surface area contributed by atoms with E-state index in [4.69, 9.17) is 9.15 Å². The summed E-state index contributed by atoms with van der Waals surface area (Å²) in [4.78, 5) is 17.1. The smallest absolute Gasteiger partial charge is 0.240 e. The lowest BCUT2D eigenvalue weighted by molar-refractivity contribution is -0.122. The summed E-state index contributed by atoms with van der Waals surface area (Å²) in [5.74, 6) is 1.56. The lowest BCUT2D eigenvalue weighted by Crippen LogP contribution is -2.31. The third-order valence-corrected chi connectivity index (χ3v) is 4.51. The van der Waals surface area contributed by atoms with E-state index in [9.17, 15) is 9.90 Å². The Labute approximate surface area is 167 Å². The van der Waals surface area contributed by atoms with E-state index >= 15 is 0 Å². The van der Waals surface area contributed by atoms with Crippen LogP contribution in [0.1, 0.15) is 17.7 Å². The number of ether oxygens (including phenoxy) is 1. The number of furan rings is 1. The van der Waals surface area contributed by atoms with Gasteiger partial charge in [0.05, 0.1) is 23.8 Å². The van der Waals surface area contributed by atoms with Crippen molar-refractivity contribution < 1.29 is 19.1 Å². The third-order valence-electron chi connectivity index (χ3n) is 4.51. The molecule has 2 heterocycles. The maximum atomic E-state index is 12.5. The number of rotatable bonds is 8. The molecule has 0 radical (unpaired) electrons. The van der Waals surface area contributed by atoms with Gasteiger partial charge in [-0.15, -0.1) is 0 Å². The predicted octanol–water partition coefficient (Wildman–Crippen LogP) is 3.06. The fourth-order valence-electron chi connectivity index (χ4n) is 3.07. The predicted molar refractivity (Wildman–Crippen MR) is 107 cm³/mol. The summed E-state index contributed by atoms with van der Waals surface area (Å²) >= 11 is 0. The lowest BCUT2D eigenvalue weighted by atomic mass is 10.2. The molecule has 0 saturated heterocycles. The van der Waals surface area contributed by atoms with Crippen molar-refractivity contribution in [1.82, 2.24) is 14.9 Å². The van der Waals surface area contributed by atoms with Crippen LogP contribution in [0.4, 0.5) is 0 Å². The van der Waals surface area contributed by atoms with Gasteiger partial charge < -0.3 is 24.1 Å². The fourth-order valence-corrected chi connectivity index (χ4v) is 3.07. The Morgan fingerprint density at radius 2 is 1.90 bits per heavy atom. The summed E-state index contributed by atoms with van der Waals surface area (Å²) < 4.78 is 12.8. The zero-order chi connectivity index (χ0) is 20.1. The lowest BCUT2D eigenvalue weighted by Gasteiger charge is -2.12. The minimum atomic E-state index is -0.894. The van der Waals surface area contributed by atoms with Crippen molar-refractivity contribution in [3.63, 3.8) is 0 Å². The van der Waals surface area contributed by atoms with Crippen molar-refractivity contribution in [3.8, 4) is 5.75 Å². The van der Waals surface area contributed by atoms with Crippen molar-refractivity contribution in [3.05, 3.63) is 84.6 Å². The SMILES string of the molecule is O=C(Cn1c(COc2ccccc2)nc2ccccc21)NCC(O)c1ccco1. The van der Waals surface area contributed by atoms with Crippen molar-refractivity contribution >= 4 is 16.9 Å². The van der Waals surface area contributed by atoms with E-state index in [1.54, 1.807) is 12.1 Å². The normalized spacial score (nSPS) is 12.0. The van der Waals surface area contributed by atoms with Crippen molar-refractivity contribution in [2.45, 2.75) is 19.3 Å². The van der Waals surface area contributed by atoms with Gasteiger partial charge in [0.1, 0.15) is 36.6 Å². The van der Waals surface area contributed by atoms with Crippen molar-refractivity contribution in [1.29, 1.82) is 0 Å². The number of para-hydroxylation sites is 3. The van der Waals surface area contributed by atoms with E-state index < -0.39 is 6.10 Å². The van der Waals surface area contributed by atoms with Gasteiger partial charge in [0.2, 0.25) is 5.91 Å². The van der Waals surface area contributed by atoms with Crippen LogP contribution in [0.2, 0.25) is 0 Å². The van der Waals surface area contributed by atoms with Crippen LogP contribution in [0.15, 0.2) is 77.4 Å². The molecule has 0 bridgehead atoms. The second-order valence-corrected chi connectivity index (χ2v) is 6.54. The molecule has 0 spiro atoms. The molecule has 0 saturated carbocycles. The third kappa shape index (κ3) is 4.47. The molecule has 0 fully saturated rings. The van der Waals surface area contributed by atoms with Crippen LogP contribution in [0.5, 0.6) is 5.75 Å². The van der Waals surface area contributed by atoms with Crippen molar-refractivity contribution in [2.24, 2.45) is 0 Å². The van der Waals surface area contributed by atoms with Crippen LogP contribution < -0.4 is 10.1 Å². The molecule has 7 nitrogen and oxygen atoms in total. The number of nitrogens with zero attached hydrogens (tertiary/aromatic N) is 2. The van der Waals surface area contributed by atoms with E-state index in [0.717, 1.165) is 16.8 Å². The molecule has 2 aromatic carbocycles. The molecular formula is C22H21N3O4. The minimum Gasteiger partial charge on any atom is -0.486 e. The van der Waals surface area contributed by atoms with Crippen LogP contribution in [-0.2, 0) is 17.9 Å². The first kappa shape index (κ1) is 18.8. The van der Waals surface area contributed by atoms with Gasteiger partial charge in [0, 0.05) is 0 Å². The van der Waals surface area contributed by atoms with Crippen LogP contribution in [0.3, 0.4) is 0 Å². The van der Waals surface area contributed by atoms with Gasteiger partial charge in [-0.25, -0.2) is 4.98 Å². The van der Waals surface area contributed by atoms with Gasteiger partial charge in [-0.2, -0.15) is 0 Å². The van der Waals surface area contributed by atoms with Crippen LogP contribution in [-0.4, -0.2) is 27.1 Å². The summed E-state index contributed by atoms with van der Waals surface area (Å²) in [6.07, 6.45) is 0.589. The molecule has 4 rings (SSSR count). The second-order valence-electron chi connectivity index (χ2n) is 6.54. The number of aliphatic hydroxyl groups is 1. The number of benzene rings is 2. The van der Waals surface area contributed by atoms with Gasteiger partial charge in [0.15, 0.2) is 0 Å². The Bertz CT molecular complexity index is 1070. The van der Waals surface area contributed by atoms with E-state index in [2.05, 4.69) is 10.3 Å². The average molecular weight is 391 g/mol. The first-order valence-corrected chi connectivity index (χ1v) is 9.31. The molecular weight excluding hydrogens is 370 g/mol. The van der Waals surface area contributed by atoms with Gasteiger partial charge >= 0.3 is 0 Å². The largest absolute Gasteiger partial charge is 0.486 e. The monoisotopic (exact) mass is 391 g/mol.